The van der Waals surface area contributed by atoms with Crippen LogP contribution in [0.2, 0.25) is 0 Å². The Morgan fingerprint density at radius 2 is 2.07 bits per heavy atom. The predicted molar refractivity (Wildman–Crippen MR) is 56.9 cm³/mol. The second-order valence-corrected chi connectivity index (χ2v) is 3.48. The van der Waals surface area contributed by atoms with E-state index >= 15 is 0 Å². The molecule has 1 aromatic rings. The van der Waals surface area contributed by atoms with E-state index in [2.05, 4.69) is 5.32 Å². The van der Waals surface area contributed by atoms with Crippen LogP contribution >= 0.6 is 0 Å². The van der Waals surface area contributed by atoms with Crippen LogP contribution in [0, 0.1) is 13.8 Å². The van der Waals surface area contributed by atoms with Crippen molar-refractivity contribution in [2.24, 2.45) is 5.73 Å². The van der Waals surface area contributed by atoms with E-state index in [-0.39, 0.29) is 5.91 Å². The average molecular weight is 192 g/mol. The summed E-state index contributed by atoms with van der Waals surface area (Å²) in [6.45, 7) is 3.97. The maximum atomic E-state index is 11.2. The van der Waals surface area contributed by atoms with Crippen LogP contribution in [0.15, 0.2) is 18.2 Å². The van der Waals surface area contributed by atoms with Crippen LogP contribution in [0.25, 0.3) is 0 Å². The normalized spacial score (nSPS) is 12.5. The number of aryl methyl sites for hydroxylation is 2. The van der Waals surface area contributed by atoms with Gasteiger partial charge in [-0.15, -0.1) is 0 Å². The third-order valence-corrected chi connectivity index (χ3v) is 2.32. The van der Waals surface area contributed by atoms with Crippen LogP contribution in [-0.2, 0) is 4.79 Å². The molecule has 3 nitrogen and oxygen atoms in total. The molecule has 0 aliphatic heterocycles. The van der Waals surface area contributed by atoms with Crippen molar-refractivity contribution in [2.75, 3.05) is 7.05 Å². The number of carbonyl (C=O) groups is 1. The standard InChI is InChI=1S/C11H16N2O/c1-7-4-5-8(2)9(6-7)10(13-3)11(12)14/h4-6,10,13H,1-3H3,(H2,12,14). The van der Waals surface area contributed by atoms with Gasteiger partial charge in [0, 0.05) is 0 Å². The number of rotatable bonds is 3. The van der Waals surface area contributed by atoms with Crippen LogP contribution in [-0.4, -0.2) is 13.0 Å². The van der Waals surface area contributed by atoms with Crippen molar-refractivity contribution in [3.8, 4) is 0 Å². The fraction of sp³-hybridized carbons (Fsp3) is 0.364. The van der Waals surface area contributed by atoms with Crippen molar-refractivity contribution < 1.29 is 4.79 Å². The lowest BCUT2D eigenvalue weighted by Gasteiger charge is -2.15. The molecule has 76 valence electrons. The maximum Gasteiger partial charge on any atom is 0.239 e. The summed E-state index contributed by atoms with van der Waals surface area (Å²) in [4.78, 5) is 11.2. The zero-order chi connectivity index (χ0) is 10.7. The molecule has 1 rings (SSSR count). The van der Waals surface area contributed by atoms with E-state index in [1.54, 1.807) is 7.05 Å². The molecule has 0 aromatic heterocycles. The van der Waals surface area contributed by atoms with Gasteiger partial charge >= 0.3 is 0 Å². The van der Waals surface area contributed by atoms with E-state index in [0.717, 1.165) is 16.7 Å². The van der Waals surface area contributed by atoms with Crippen LogP contribution in [0.4, 0.5) is 0 Å². The third-order valence-electron chi connectivity index (χ3n) is 2.32. The summed E-state index contributed by atoms with van der Waals surface area (Å²) < 4.78 is 0. The Labute approximate surface area is 84.3 Å². The van der Waals surface area contributed by atoms with Crippen molar-refractivity contribution in [2.45, 2.75) is 19.9 Å². The first-order valence-electron chi connectivity index (χ1n) is 4.60. The topological polar surface area (TPSA) is 55.1 Å². The monoisotopic (exact) mass is 192 g/mol. The van der Waals surface area contributed by atoms with Gasteiger partial charge in [-0.25, -0.2) is 0 Å². The molecule has 0 aliphatic carbocycles. The van der Waals surface area contributed by atoms with Gasteiger partial charge in [0.25, 0.3) is 0 Å². The van der Waals surface area contributed by atoms with Crippen molar-refractivity contribution in [3.63, 3.8) is 0 Å². The molecule has 3 heteroatoms. The summed E-state index contributed by atoms with van der Waals surface area (Å²) in [5.41, 5.74) is 8.46. The molecule has 1 atom stereocenters. The van der Waals surface area contributed by atoms with Gasteiger partial charge in [0.2, 0.25) is 5.91 Å². The number of nitrogens with one attached hydrogen (secondary N) is 1. The lowest BCUT2D eigenvalue weighted by molar-refractivity contribution is -0.120. The molecule has 3 N–H and O–H groups in total. The van der Waals surface area contributed by atoms with Gasteiger partial charge in [-0.2, -0.15) is 0 Å². The summed E-state index contributed by atoms with van der Waals surface area (Å²) in [5, 5.41) is 2.91. The van der Waals surface area contributed by atoms with Crippen LogP contribution in [0.1, 0.15) is 22.7 Å². The highest BCUT2D eigenvalue weighted by Crippen LogP contribution is 2.18. The van der Waals surface area contributed by atoms with Crippen LogP contribution in [0.5, 0.6) is 0 Å². The summed E-state index contributed by atoms with van der Waals surface area (Å²) in [6, 6.07) is 5.61. The molecule has 0 aliphatic rings. The molecule has 1 amide bonds. The van der Waals surface area contributed by atoms with Gasteiger partial charge in [0.1, 0.15) is 6.04 Å². The van der Waals surface area contributed by atoms with Gasteiger partial charge < -0.3 is 11.1 Å². The maximum absolute atomic E-state index is 11.2. The van der Waals surface area contributed by atoms with E-state index in [1.165, 1.54) is 0 Å². The number of hydrogen-bond donors (Lipinski definition) is 2. The highest BCUT2D eigenvalue weighted by molar-refractivity contribution is 5.81. The number of amides is 1. The quantitative estimate of drug-likeness (QED) is 0.752. The second-order valence-electron chi connectivity index (χ2n) is 3.48. The molecule has 0 fully saturated rings. The Bertz CT molecular complexity index is 347. The highest BCUT2D eigenvalue weighted by Gasteiger charge is 2.16. The Hall–Kier alpha value is -1.35. The zero-order valence-electron chi connectivity index (χ0n) is 8.79. The Kier molecular flexibility index (Phi) is 3.25. The molecule has 0 heterocycles. The predicted octanol–water partition coefficient (Wildman–Crippen LogP) is 1.05. The van der Waals surface area contributed by atoms with Gasteiger partial charge in [-0.3, -0.25) is 4.79 Å². The fourth-order valence-corrected chi connectivity index (χ4v) is 1.52. The molecule has 0 spiro atoms. The van der Waals surface area contributed by atoms with Gasteiger partial charge in [-0.1, -0.05) is 23.8 Å². The minimum Gasteiger partial charge on any atom is -0.368 e. The minimum atomic E-state index is -0.394. The first kappa shape index (κ1) is 10.7. The molecule has 0 saturated heterocycles. The summed E-state index contributed by atoms with van der Waals surface area (Å²) in [6.07, 6.45) is 0. The van der Waals surface area contributed by atoms with E-state index in [0.29, 0.717) is 0 Å². The Morgan fingerprint density at radius 3 is 2.57 bits per heavy atom. The number of hydrogen-bond acceptors (Lipinski definition) is 2. The number of nitrogens with two attached hydrogens (primary N) is 1. The van der Waals surface area contributed by atoms with Gasteiger partial charge in [0.15, 0.2) is 0 Å². The van der Waals surface area contributed by atoms with Crippen molar-refractivity contribution in [1.82, 2.24) is 5.32 Å². The minimum absolute atomic E-state index is 0.346. The molecular weight excluding hydrogens is 176 g/mol. The zero-order valence-corrected chi connectivity index (χ0v) is 8.79. The summed E-state index contributed by atoms with van der Waals surface area (Å²) >= 11 is 0. The van der Waals surface area contributed by atoms with Crippen molar-refractivity contribution >= 4 is 5.91 Å². The second kappa shape index (κ2) is 4.24. The highest BCUT2D eigenvalue weighted by atomic mass is 16.1. The summed E-state index contributed by atoms with van der Waals surface area (Å²) in [5.74, 6) is -0.346. The molecule has 1 aromatic carbocycles. The largest absolute Gasteiger partial charge is 0.368 e. The molecule has 14 heavy (non-hydrogen) atoms. The van der Waals surface area contributed by atoms with E-state index in [4.69, 9.17) is 5.73 Å². The fourth-order valence-electron chi connectivity index (χ4n) is 1.52. The van der Waals surface area contributed by atoms with Crippen LogP contribution in [0.3, 0.4) is 0 Å². The number of carbonyl (C=O) groups excluding carboxylic acids is 1. The Balaban J connectivity index is 3.15. The smallest absolute Gasteiger partial charge is 0.239 e. The lowest BCUT2D eigenvalue weighted by Crippen LogP contribution is -2.31. The molecule has 1 unspecified atom stereocenters. The number of likely N-dealkylation sites (N-methyl/N-ethyl adjacent to an activating group) is 1. The summed E-state index contributed by atoms with van der Waals surface area (Å²) in [7, 11) is 1.73. The lowest BCUT2D eigenvalue weighted by atomic mass is 9.99. The van der Waals surface area contributed by atoms with Gasteiger partial charge in [0.05, 0.1) is 0 Å². The first-order chi connectivity index (χ1) is 6.56. The third kappa shape index (κ3) is 2.12. The SMILES string of the molecule is CNC(C(N)=O)c1cc(C)ccc1C. The molecule has 0 radical (unpaired) electrons. The average Bonchev–Trinajstić information content (AvgIpc) is 2.11. The Morgan fingerprint density at radius 1 is 1.43 bits per heavy atom. The number of primary amides is 1. The van der Waals surface area contributed by atoms with E-state index in [1.807, 2.05) is 32.0 Å². The van der Waals surface area contributed by atoms with Gasteiger partial charge in [-0.05, 0) is 32.0 Å². The van der Waals surface area contributed by atoms with Crippen molar-refractivity contribution in [3.05, 3.63) is 34.9 Å². The van der Waals surface area contributed by atoms with E-state index in [9.17, 15) is 4.79 Å². The van der Waals surface area contributed by atoms with E-state index < -0.39 is 6.04 Å². The number of benzene rings is 1. The molecule has 0 saturated carbocycles. The molecular formula is C11H16N2O. The van der Waals surface area contributed by atoms with Crippen LogP contribution < -0.4 is 11.1 Å². The van der Waals surface area contributed by atoms with Crippen molar-refractivity contribution in [1.29, 1.82) is 0 Å². The molecule has 0 bridgehead atoms. The first-order valence-corrected chi connectivity index (χ1v) is 4.60.